The molecule has 2 aromatic heterocycles. The molecule has 4 N–H and O–H groups in total. The van der Waals surface area contributed by atoms with E-state index in [1.54, 1.807) is 55.5 Å². The Morgan fingerprint density at radius 2 is 1.85 bits per heavy atom. The van der Waals surface area contributed by atoms with Gasteiger partial charge in [0, 0.05) is 28.7 Å². The second kappa shape index (κ2) is 10.9. The zero-order chi connectivity index (χ0) is 32.4. The van der Waals surface area contributed by atoms with Crippen LogP contribution >= 0.6 is 11.6 Å². The van der Waals surface area contributed by atoms with Gasteiger partial charge in [0.25, 0.3) is 5.91 Å². The Morgan fingerprint density at radius 3 is 2.57 bits per heavy atom. The maximum atomic E-state index is 15.3. The number of hydrogen-bond acceptors (Lipinski definition) is 7. The summed E-state index contributed by atoms with van der Waals surface area (Å²) in [7, 11) is 0. The molecule has 1 saturated carbocycles. The van der Waals surface area contributed by atoms with Crippen LogP contribution in [0.2, 0.25) is 5.02 Å². The fourth-order valence-corrected chi connectivity index (χ4v) is 5.80. The number of halogens is 3. The van der Waals surface area contributed by atoms with Crippen LogP contribution in [0.4, 0.5) is 8.78 Å². The van der Waals surface area contributed by atoms with E-state index >= 15 is 4.39 Å². The van der Waals surface area contributed by atoms with Crippen LogP contribution in [0.5, 0.6) is 5.75 Å². The first kappa shape index (κ1) is 29.8. The lowest BCUT2D eigenvalue weighted by Crippen LogP contribution is -2.43. The van der Waals surface area contributed by atoms with Crippen molar-refractivity contribution in [3.63, 3.8) is 0 Å². The summed E-state index contributed by atoms with van der Waals surface area (Å²) < 4.78 is 41.1. The highest BCUT2D eigenvalue weighted by atomic mass is 35.5. The highest BCUT2D eigenvalue weighted by Gasteiger charge is 2.46. The van der Waals surface area contributed by atoms with E-state index in [4.69, 9.17) is 26.5 Å². The Bertz CT molecular complexity index is 2050. The molecule has 9 nitrogen and oxygen atoms in total. The molecule has 3 aromatic carbocycles. The molecule has 2 amide bonds. The largest absolute Gasteiger partial charge is 0.489 e. The third-order valence-corrected chi connectivity index (χ3v) is 8.94. The smallest absolute Gasteiger partial charge is 0.251 e. The van der Waals surface area contributed by atoms with E-state index in [0.29, 0.717) is 34.5 Å². The predicted molar refractivity (Wildman–Crippen MR) is 164 cm³/mol. The number of amides is 2. The SMILES string of the molecule is C[C@]1(C(N)=O)COc2c1cc([C@@](O)(CNC(=O)c1ccc3nc(C4CC4)oc3c1)c1ccccc1)nc2-c1cc(Cl)c(F)cc1F. The van der Waals surface area contributed by atoms with Crippen LogP contribution in [0, 0.1) is 11.6 Å². The lowest BCUT2D eigenvalue weighted by Gasteiger charge is -2.30. The summed E-state index contributed by atoms with van der Waals surface area (Å²) in [6, 6.07) is 16.4. The molecule has 0 spiro atoms. The van der Waals surface area contributed by atoms with Gasteiger partial charge >= 0.3 is 0 Å². The van der Waals surface area contributed by atoms with Crippen molar-refractivity contribution in [3.05, 3.63) is 112 Å². The number of ether oxygens (including phenoxy) is 1. The zero-order valence-corrected chi connectivity index (χ0v) is 25.2. The molecule has 2 aliphatic rings. The topological polar surface area (TPSA) is 141 Å². The lowest BCUT2D eigenvalue weighted by atomic mass is 9.80. The third kappa shape index (κ3) is 4.96. The molecule has 12 heteroatoms. The van der Waals surface area contributed by atoms with Gasteiger partial charge in [-0.3, -0.25) is 9.59 Å². The second-order valence-corrected chi connectivity index (χ2v) is 12.3. The van der Waals surface area contributed by atoms with E-state index in [-0.39, 0.29) is 52.0 Å². The molecule has 7 rings (SSSR count). The standard InChI is InChI=1S/C34H27ClF2N4O5/c1-33(32(38)43)16-45-29-21(33)13-27(41-28(29)20-12-22(35)24(37)14-23(20)36)34(44,19-5-3-2-4-6-19)15-39-30(42)18-9-10-25-26(11-18)46-31(40-25)17-7-8-17/h2-6,9-14,17,44H,7-8,15-16H2,1H3,(H2,38,43)(H,39,42)/t33-,34+/m0/s1. The number of fused-ring (bicyclic) bond motifs is 2. The van der Waals surface area contributed by atoms with Crippen LogP contribution in [0.25, 0.3) is 22.4 Å². The molecule has 5 aromatic rings. The highest BCUT2D eigenvalue weighted by molar-refractivity contribution is 6.31. The Morgan fingerprint density at radius 1 is 1.09 bits per heavy atom. The van der Waals surface area contributed by atoms with E-state index in [2.05, 4.69) is 15.3 Å². The number of nitrogens with zero attached hydrogens (tertiary/aromatic N) is 2. The van der Waals surface area contributed by atoms with Gasteiger partial charge in [0.2, 0.25) is 5.91 Å². The predicted octanol–water partition coefficient (Wildman–Crippen LogP) is 5.50. The molecule has 2 atom stereocenters. The van der Waals surface area contributed by atoms with Crippen molar-refractivity contribution < 1.29 is 32.6 Å². The van der Waals surface area contributed by atoms with Crippen molar-refractivity contribution in [2.45, 2.75) is 36.7 Å². The minimum absolute atomic E-state index is 0.0389. The number of primary amides is 1. The number of hydrogen-bond donors (Lipinski definition) is 3. The number of oxazole rings is 1. The van der Waals surface area contributed by atoms with Gasteiger partial charge in [-0.25, -0.2) is 18.7 Å². The average molecular weight is 645 g/mol. The Labute approximate surface area is 266 Å². The minimum atomic E-state index is -2.02. The number of aliphatic hydroxyl groups is 1. The molecule has 1 aliphatic carbocycles. The first-order chi connectivity index (χ1) is 22.0. The first-order valence-electron chi connectivity index (χ1n) is 14.6. The van der Waals surface area contributed by atoms with Gasteiger partial charge < -0.3 is 25.3 Å². The number of nitrogens with one attached hydrogen (secondary N) is 1. The lowest BCUT2D eigenvalue weighted by molar-refractivity contribution is -0.123. The van der Waals surface area contributed by atoms with Gasteiger partial charge in [-0.15, -0.1) is 0 Å². The van der Waals surface area contributed by atoms with E-state index in [9.17, 15) is 19.1 Å². The summed E-state index contributed by atoms with van der Waals surface area (Å²) in [5.74, 6) is -2.22. The van der Waals surface area contributed by atoms with E-state index < -0.39 is 34.5 Å². The first-order valence-corrected chi connectivity index (χ1v) is 15.0. The van der Waals surface area contributed by atoms with Crippen LogP contribution in [0.3, 0.4) is 0 Å². The number of nitrogens with two attached hydrogens (primary N) is 1. The number of carbonyl (C=O) groups is 2. The summed E-state index contributed by atoms with van der Waals surface area (Å²) in [6.07, 6.45) is 2.03. The Hall–Kier alpha value is -4.87. The number of benzene rings is 3. The molecule has 3 heterocycles. The van der Waals surface area contributed by atoms with Crippen LogP contribution in [0.15, 0.2) is 71.1 Å². The molecular weight excluding hydrogens is 618 g/mol. The van der Waals surface area contributed by atoms with Crippen molar-refractivity contribution in [1.29, 1.82) is 0 Å². The van der Waals surface area contributed by atoms with Gasteiger partial charge in [-0.1, -0.05) is 41.9 Å². The summed E-state index contributed by atoms with van der Waals surface area (Å²) in [4.78, 5) is 35.2. The van der Waals surface area contributed by atoms with Crippen molar-refractivity contribution in [2.75, 3.05) is 13.2 Å². The molecular formula is C34H27ClF2N4O5. The van der Waals surface area contributed by atoms with Crippen molar-refractivity contribution in [2.24, 2.45) is 5.73 Å². The van der Waals surface area contributed by atoms with E-state index in [1.807, 2.05) is 0 Å². The Kier molecular flexibility index (Phi) is 7.06. The van der Waals surface area contributed by atoms with Crippen molar-refractivity contribution >= 4 is 34.5 Å². The van der Waals surface area contributed by atoms with Gasteiger partial charge in [-0.05, 0) is 55.7 Å². The molecule has 46 heavy (non-hydrogen) atoms. The van der Waals surface area contributed by atoms with Gasteiger partial charge in [-0.2, -0.15) is 0 Å². The molecule has 0 saturated heterocycles. The molecule has 1 aliphatic heterocycles. The third-order valence-electron chi connectivity index (χ3n) is 8.66. The van der Waals surface area contributed by atoms with Crippen molar-refractivity contribution in [1.82, 2.24) is 15.3 Å². The van der Waals surface area contributed by atoms with Crippen LogP contribution in [-0.2, 0) is 15.8 Å². The van der Waals surface area contributed by atoms with Crippen molar-refractivity contribution in [3.8, 4) is 17.0 Å². The average Bonchev–Trinajstić information content (AvgIpc) is 3.72. The van der Waals surface area contributed by atoms with Crippen LogP contribution in [-0.4, -0.2) is 40.0 Å². The quantitative estimate of drug-likeness (QED) is 0.190. The summed E-state index contributed by atoms with van der Waals surface area (Å²) >= 11 is 6.03. The molecule has 0 bridgehead atoms. The fourth-order valence-electron chi connectivity index (χ4n) is 5.64. The molecule has 0 unspecified atom stereocenters. The number of carbonyl (C=O) groups excluding carboxylic acids is 2. The highest BCUT2D eigenvalue weighted by Crippen LogP contribution is 2.47. The van der Waals surface area contributed by atoms with Crippen LogP contribution < -0.4 is 15.8 Å². The summed E-state index contributed by atoms with van der Waals surface area (Å²) in [5, 5.41) is 14.8. The summed E-state index contributed by atoms with van der Waals surface area (Å²) in [5.41, 5.74) is 3.97. The van der Waals surface area contributed by atoms with E-state index in [1.165, 1.54) is 6.07 Å². The minimum Gasteiger partial charge on any atom is -0.489 e. The number of rotatable bonds is 8. The number of pyridine rings is 1. The molecule has 1 fully saturated rings. The van der Waals surface area contributed by atoms with Crippen LogP contribution in [0.1, 0.15) is 58.8 Å². The number of aromatic nitrogens is 2. The second-order valence-electron chi connectivity index (χ2n) is 11.9. The monoisotopic (exact) mass is 644 g/mol. The zero-order valence-electron chi connectivity index (χ0n) is 24.4. The molecule has 234 valence electrons. The van der Waals surface area contributed by atoms with Gasteiger partial charge in [0.1, 0.15) is 46.2 Å². The maximum Gasteiger partial charge on any atom is 0.251 e. The van der Waals surface area contributed by atoms with Gasteiger partial charge in [0.15, 0.2) is 11.5 Å². The Balaban J connectivity index is 1.33. The summed E-state index contributed by atoms with van der Waals surface area (Å²) in [6.45, 7) is 0.989. The maximum absolute atomic E-state index is 15.3. The van der Waals surface area contributed by atoms with Gasteiger partial charge in [0.05, 0.1) is 17.3 Å². The molecule has 0 radical (unpaired) electrons. The normalized spacial score (nSPS) is 18.5. The van der Waals surface area contributed by atoms with E-state index in [0.717, 1.165) is 18.9 Å². The fraction of sp³-hybridized carbons (Fsp3) is 0.235.